The standard InChI is InChI=1S/C14H26N2O3/c1-2-16(12-7-4-3-5-8-12)13(17)11-15-10-6-9-14(18)19/h12,15H,2-11H2,1H3,(H,18,19). The second-order valence-electron chi connectivity index (χ2n) is 5.15. The SMILES string of the molecule is CCN(C(=O)CNCCCC(=O)O)C1CCCCC1. The van der Waals surface area contributed by atoms with Gasteiger partial charge in [-0.3, -0.25) is 9.59 Å². The zero-order valence-corrected chi connectivity index (χ0v) is 11.9. The van der Waals surface area contributed by atoms with Gasteiger partial charge in [-0.2, -0.15) is 0 Å². The van der Waals surface area contributed by atoms with Crippen LogP contribution in [0.15, 0.2) is 0 Å². The second kappa shape index (κ2) is 8.91. The number of nitrogens with one attached hydrogen (secondary N) is 1. The van der Waals surface area contributed by atoms with Crippen molar-refractivity contribution in [2.24, 2.45) is 0 Å². The molecule has 0 radical (unpaired) electrons. The first kappa shape index (κ1) is 16.0. The smallest absolute Gasteiger partial charge is 0.303 e. The number of nitrogens with zero attached hydrogens (tertiary/aromatic N) is 1. The number of amides is 1. The molecule has 0 heterocycles. The van der Waals surface area contributed by atoms with E-state index in [1.54, 1.807) is 0 Å². The summed E-state index contributed by atoms with van der Waals surface area (Å²) in [7, 11) is 0. The zero-order chi connectivity index (χ0) is 14.1. The molecule has 1 rings (SSSR count). The largest absolute Gasteiger partial charge is 0.481 e. The van der Waals surface area contributed by atoms with Gasteiger partial charge in [-0.25, -0.2) is 0 Å². The lowest BCUT2D eigenvalue weighted by atomic mass is 9.94. The Morgan fingerprint density at radius 1 is 1.26 bits per heavy atom. The molecule has 5 nitrogen and oxygen atoms in total. The van der Waals surface area contributed by atoms with Crippen molar-refractivity contribution in [3.8, 4) is 0 Å². The van der Waals surface area contributed by atoms with E-state index >= 15 is 0 Å². The average molecular weight is 270 g/mol. The van der Waals surface area contributed by atoms with Crippen LogP contribution in [0.2, 0.25) is 0 Å². The Labute approximate surface area is 115 Å². The van der Waals surface area contributed by atoms with Gasteiger partial charge in [-0.15, -0.1) is 0 Å². The Morgan fingerprint density at radius 2 is 1.95 bits per heavy atom. The number of aliphatic carboxylic acids is 1. The number of hydrogen-bond donors (Lipinski definition) is 2. The molecule has 0 aromatic rings. The van der Waals surface area contributed by atoms with Crippen molar-refractivity contribution < 1.29 is 14.7 Å². The van der Waals surface area contributed by atoms with Crippen molar-refractivity contribution in [1.29, 1.82) is 0 Å². The third-order valence-electron chi connectivity index (χ3n) is 3.70. The van der Waals surface area contributed by atoms with E-state index < -0.39 is 5.97 Å². The molecule has 1 saturated carbocycles. The van der Waals surface area contributed by atoms with E-state index in [-0.39, 0.29) is 12.3 Å². The van der Waals surface area contributed by atoms with Gasteiger partial charge < -0.3 is 15.3 Å². The van der Waals surface area contributed by atoms with E-state index in [0.29, 0.717) is 25.6 Å². The van der Waals surface area contributed by atoms with E-state index in [0.717, 1.165) is 19.4 Å². The highest BCUT2D eigenvalue weighted by atomic mass is 16.4. The maximum Gasteiger partial charge on any atom is 0.303 e. The molecule has 1 fully saturated rings. The average Bonchev–Trinajstić information content (AvgIpc) is 2.40. The van der Waals surface area contributed by atoms with Crippen LogP contribution in [0.3, 0.4) is 0 Å². The van der Waals surface area contributed by atoms with Crippen molar-refractivity contribution >= 4 is 11.9 Å². The van der Waals surface area contributed by atoms with Crippen molar-refractivity contribution in [3.05, 3.63) is 0 Å². The molecular weight excluding hydrogens is 244 g/mol. The first-order chi connectivity index (χ1) is 9.15. The van der Waals surface area contributed by atoms with Gasteiger partial charge in [-0.05, 0) is 32.7 Å². The molecule has 0 aromatic heterocycles. The van der Waals surface area contributed by atoms with Gasteiger partial charge in [0.15, 0.2) is 0 Å². The molecule has 1 amide bonds. The highest BCUT2D eigenvalue weighted by Crippen LogP contribution is 2.22. The van der Waals surface area contributed by atoms with Crippen molar-refractivity contribution in [2.45, 2.75) is 57.9 Å². The van der Waals surface area contributed by atoms with Gasteiger partial charge in [-0.1, -0.05) is 19.3 Å². The van der Waals surface area contributed by atoms with Crippen LogP contribution in [0, 0.1) is 0 Å². The number of hydrogen-bond acceptors (Lipinski definition) is 3. The molecule has 5 heteroatoms. The quantitative estimate of drug-likeness (QED) is 0.658. The summed E-state index contributed by atoms with van der Waals surface area (Å²) in [5, 5.41) is 11.6. The molecule has 0 bridgehead atoms. The Balaban J connectivity index is 2.23. The van der Waals surface area contributed by atoms with Crippen LogP contribution in [0.25, 0.3) is 0 Å². The second-order valence-corrected chi connectivity index (χ2v) is 5.15. The molecule has 0 spiro atoms. The van der Waals surface area contributed by atoms with Crippen LogP contribution in [0.1, 0.15) is 51.9 Å². The highest BCUT2D eigenvalue weighted by molar-refractivity contribution is 5.78. The van der Waals surface area contributed by atoms with Crippen LogP contribution in [0.5, 0.6) is 0 Å². The number of carboxylic acids is 1. The summed E-state index contributed by atoms with van der Waals surface area (Å²) in [6, 6.07) is 0.409. The number of carboxylic acid groups (broad SMARTS) is 1. The van der Waals surface area contributed by atoms with Gasteiger partial charge in [0.25, 0.3) is 0 Å². The first-order valence-corrected chi connectivity index (χ1v) is 7.37. The van der Waals surface area contributed by atoms with Gasteiger partial charge in [0.2, 0.25) is 5.91 Å². The van der Waals surface area contributed by atoms with Crippen LogP contribution in [-0.2, 0) is 9.59 Å². The van der Waals surface area contributed by atoms with Gasteiger partial charge in [0.05, 0.1) is 6.54 Å². The number of likely N-dealkylation sites (N-methyl/N-ethyl adjacent to an activating group) is 1. The fourth-order valence-corrected chi connectivity index (χ4v) is 2.69. The maximum atomic E-state index is 12.1. The summed E-state index contributed by atoms with van der Waals surface area (Å²) in [6.45, 7) is 3.70. The Morgan fingerprint density at radius 3 is 2.53 bits per heavy atom. The summed E-state index contributed by atoms with van der Waals surface area (Å²) < 4.78 is 0. The number of rotatable bonds is 8. The summed E-state index contributed by atoms with van der Waals surface area (Å²) >= 11 is 0. The normalized spacial score (nSPS) is 16.3. The zero-order valence-electron chi connectivity index (χ0n) is 11.9. The van der Waals surface area contributed by atoms with Crippen LogP contribution in [-0.4, -0.2) is 47.6 Å². The minimum Gasteiger partial charge on any atom is -0.481 e. The van der Waals surface area contributed by atoms with Gasteiger partial charge >= 0.3 is 5.97 Å². The summed E-state index contributed by atoms with van der Waals surface area (Å²) in [6.07, 6.45) is 6.70. The van der Waals surface area contributed by atoms with Crippen molar-refractivity contribution in [3.63, 3.8) is 0 Å². The predicted molar refractivity (Wildman–Crippen MR) is 74.0 cm³/mol. The van der Waals surface area contributed by atoms with E-state index in [4.69, 9.17) is 5.11 Å². The minimum absolute atomic E-state index is 0.143. The third-order valence-corrected chi connectivity index (χ3v) is 3.70. The van der Waals surface area contributed by atoms with E-state index in [1.165, 1.54) is 19.3 Å². The third kappa shape index (κ3) is 6.05. The van der Waals surface area contributed by atoms with E-state index in [1.807, 2.05) is 11.8 Å². The molecule has 1 aliphatic carbocycles. The van der Waals surface area contributed by atoms with Crippen molar-refractivity contribution in [2.75, 3.05) is 19.6 Å². The Kier molecular flexibility index (Phi) is 7.48. The predicted octanol–water partition coefficient (Wildman–Crippen LogP) is 1.62. The van der Waals surface area contributed by atoms with Gasteiger partial charge in [0, 0.05) is 19.0 Å². The molecule has 0 aliphatic heterocycles. The molecule has 110 valence electrons. The Bertz CT molecular complexity index is 288. The molecule has 0 aromatic carbocycles. The summed E-state index contributed by atoms with van der Waals surface area (Å²) in [5.74, 6) is -0.643. The highest BCUT2D eigenvalue weighted by Gasteiger charge is 2.23. The number of carbonyl (C=O) groups is 2. The lowest BCUT2D eigenvalue weighted by Gasteiger charge is -2.33. The topological polar surface area (TPSA) is 69.6 Å². The first-order valence-electron chi connectivity index (χ1n) is 7.37. The van der Waals surface area contributed by atoms with Crippen molar-refractivity contribution in [1.82, 2.24) is 10.2 Å². The van der Waals surface area contributed by atoms with E-state index in [2.05, 4.69) is 5.32 Å². The van der Waals surface area contributed by atoms with E-state index in [9.17, 15) is 9.59 Å². The molecule has 1 aliphatic rings. The van der Waals surface area contributed by atoms with Gasteiger partial charge in [0.1, 0.15) is 0 Å². The Hall–Kier alpha value is -1.10. The fourth-order valence-electron chi connectivity index (χ4n) is 2.69. The lowest BCUT2D eigenvalue weighted by Crippen LogP contribution is -2.45. The molecule has 19 heavy (non-hydrogen) atoms. The molecule has 0 unspecified atom stereocenters. The molecule has 0 saturated heterocycles. The monoisotopic (exact) mass is 270 g/mol. The maximum absolute atomic E-state index is 12.1. The lowest BCUT2D eigenvalue weighted by molar-refractivity contribution is -0.137. The fraction of sp³-hybridized carbons (Fsp3) is 0.857. The summed E-state index contributed by atoms with van der Waals surface area (Å²) in [4.78, 5) is 24.4. The van der Waals surface area contributed by atoms with Crippen LogP contribution >= 0.6 is 0 Å². The minimum atomic E-state index is -0.787. The van der Waals surface area contributed by atoms with Crippen LogP contribution in [0.4, 0.5) is 0 Å². The summed E-state index contributed by atoms with van der Waals surface area (Å²) in [5.41, 5.74) is 0. The molecule has 0 atom stereocenters. The molecule has 2 N–H and O–H groups in total. The van der Waals surface area contributed by atoms with Crippen LogP contribution < -0.4 is 5.32 Å². The molecular formula is C14H26N2O3. The number of carbonyl (C=O) groups excluding carboxylic acids is 1.